The summed E-state index contributed by atoms with van der Waals surface area (Å²) in [5, 5.41) is 3.19. The number of nitrogens with zero attached hydrogens (tertiary/aromatic N) is 8. The van der Waals surface area contributed by atoms with Crippen LogP contribution in [0.2, 0.25) is 0 Å². The van der Waals surface area contributed by atoms with Crippen molar-refractivity contribution in [3.05, 3.63) is 25.0 Å². The Kier molecular flexibility index (Phi) is 2.34. The molecule has 21 heavy (non-hydrogen) atoms. The molecule has 4 aromatic heterocycles. The van der Waals surface area contributed by atoms with Gasteiger partial charge in [0.2, 0.25) is 11.9 Å². The van der Waals surface area contributed by atoms with Crippen molar-refractivity contribution in [2.24, 2.45) is 14.1 Å². The van der Waals surface area contributed by atoms with Crippen molar-refractivity contribution in [1.82, 2.24) is 39.0 Å². The van der Waals surface area contributed by atoms with Crippen LogP contribution in [0, 0.1) is 0 Å². The lowest BCUT2D eigenvalue weighted by molar-refractivity contribution is 0.917. The minimum absolute atomic E-state index is 0.633. The number of nitrogens with one attached hydrogen (secondary N) is 1. The van der Waals surface area contributed by atoms with E-state index in [1.165, 1.54) is 12.7 Å². The van der Waals surface area contributed by atoms with Crippen LogP contribution in [0.15, 0.2) is 25.0 Å². The second-order valence-electron chi connectivity index (χ2n) is 4.58. The standard InChI is InChI=1S/C12H11N9/c1-20-7-3-13-5-15-9(7)17-11(20)19-12-18-10-8(21(12)2)4-14-6-16-10/h3-6H,1-2H3,(H,13,14,15,16,17,18,19). The summed E-state index contributed by atoms with van der Waals surface area (Å²) in [4.78, 5) is 25.1. The van der Waals surface area contributed by atoms with Gasteiger partial charge in [-0.1, -0.05) is 0 Å². The van der Waals surface area contributed by atoms with E-state index in [1.807, 2.05) is 23.2 Å². The van der Waals surface area contributed by atoms with E-state index >= 15 is 0 Å². The molecule has 0 atom stereocenters. The van der Waals surface area contributed by atoms with Gasteiger partial charge in [-0.15, -0.1) is 0 Å². The fraction of sp³-hybridized carbons (Fsp3) is 0.167. The van der Waals surface area contributed by atoms with Crippen molar-refractivity contribution in [2.75, 3.05) is 5.32 Å². The van der Waals surface area contributed by atoms with Crippen LogP contribution in [-0.4, -0.2) is 39.0 Å². The maximum Gasteiger partial charge on any atom is 0.212 e. The lowest BCUT2D eigenvalue weighted by atomic mass is 10.5. The van der Waals surface area contributed by atoms with Crippen molar-refractivity contribution in [1.29, 1.82) is 0 Å². The Bertz CT molecular complexity index is 874. The Morgan fingerprint density at radius 2 is 1.29 bits per heavy atom. The minimum Gasteiger partial charge on any atom is -0.310 e. The Labute approximate surface area is 118 Å². The quantitative estimate of drug-likeness (QED) is 0.579. The van der Waals surface area contributed by atoms with Gasteiger partial charge >= 0.3 is 0 Å². The summed E-state index contributed by atoms with van der Waals surface area (Å²) in [7, 11) is 3.78. The predicted octanol–water partition coefficient (Wildman–Crippen LogP) is 0.784. The number of aryl methyl sites for hydroxylation is 2. The van der Waals surface area contributed by atoms with Crippen molar-refractivity contribution in [3.63, 3.8) is 0 Å². The Morgan fingerprint density at radius 1 is 0.810 bits per heavy atom. The topological polar surface area (TPSA) is 99.2 Å². The highest BCUT2D eigenvalue weighted by Crippen LogP contribution is 2.21. The molecule has 4 heterocycles. The summed E-state index contributed by atoms with van der Waals surface area (Å²) >= 11 is 0. The molecule has 0 spiro atoms. The molecular formula is C12H11N9. The van der Waals surface area contributed by atoms with Crippen LogP contribution < -0.4 is 5.32 Å². The molecule has 0 bridgehead atoms. The average molecular weight is 281 g/mol. The lowest BCUT2D eigenvalue weighted by Gasteiger charge is -2.05. The van der Waals surface area contributed by atoms with Crippen LogP contribution in [0.3, 0.4) is 0 Å². The molecule has 9 nitrogen and oxygen atoms in total. The number of hydrogen-bond donors (Lipinski definition) is 1. The third kappa shape index (κ3) is 1.71. The van der Waals surface area contributed by atoms with E-state index in [-0.39, 0.29) is 0 Å². The van der Waals surface area contributed by atoms with Crippen LogP contribution in [0.5, 0.6) is 0 Å². The summed E-state index contributed by atoms with van der Waals surface area (Å²) < 4.78 is 3.75. The third-order valence-electron chi connectivity index (χ3n) is 3.35. The molecule has 1 N–H and O–H groups in total. The highest BCUT2D eigenvalue weighted by molar-refractivity contribution is 5.77. The van der Waals surface area contributed by atoms with E-state index in [2.05, 4.69) is 35.2 Å². The third-order valence-corrected chi connectivity index (χ3v) is 3.35. The van der Waals surface area contributed by atoms with Crippen LogP contribution in [0.25, 0.3) is 22.3 Å². The first-order valence-electron chi connectivity index (χ1n) is 6.26. The van der Waals surface area contributed by atoms with Gasteiger partial charge in [-0.05, 0) is 0 Å². The van der Waals surface area contributed by atoms with E-state index in [1.54, 1.807) is 12.4 Å². The monoisotopic (exact) mass is 281 g/mol. The zero-order valence-corrected chi connectivity index (χ0v) is 11.4. The molecule has 0 unspecified atom stereocenters. The average Bonchev–Trinajstić information content (AvgIpc) is 2.99. The molecular weight excluding hydrogens is 270 g/mol. The van der Waals surface area contributed by atoms with E-state index in [9.17, 15) is 0 Å². The second kappa shape index (κ2) is 4.20. The van der Waals surface area contributed by atoms with Gasteiger partial charge in [-0.2, -0.15) is 9.97 Å². The molecule has 9 heteroatoms. The van der Waals surface area contributed by atoms with E-state index in [4.69, 9.17) is 0 Å². The second-order valence-corrected chi connectivity index (χ2v) is 4.58. The van der Waals surface area contributed by atoms with Gasteiger partial charge in [0.05, 0.1) is 12.4 Å². The van der Waals surface area contributed by atoms with Gasteiger partial charge in [0, 0.05) is 14.1 Å². The number of aromatic nitrogens is 8. The first-order chi connectivity index (χ1) is 10.2. The zero-order chi connectivity index (χ0) is 14.4. The fourth-order valence-corrected chi connectivity index (χ4v) is 2.18. The molecule has 0 aromatic carbocycles. The number of anilines is 2. The van der Waals surface area contributed by atoms with Gasteiger partial charge in [0.15, 0.2) is 11.3 Å². The summed E-state index contributed by atoms with van der Waals surface area (Å²) in [6.07, 6.45) is 6.40. The van der Waals surface area contributed by atoms with Crippen LogP contribution in [0.1, 0.15) is 0 Å². The fourth-order valence-electron chi connectivity index (χ4n) is 2.18. The van der Waals surface area contributed by atoms with E-state index in [0.717, 1.165) is 11.0 Å². The number of imidazole rings is 2. The molecule has 0 aliphatic heterocycles. The SMILES string of the molecule is Cn1c(Nc2nc3ncncc3n2C)nc2ncncc21. The van der Waals surface area contributed by atoms with Gasteiger partial charge in [-0.3, -0.25) is 5.32 Å². The normalized spacial score (nSPS) is 11.3. The molecule has 0 aliphatic rings. The van der Waals surface area contributed by atoms with Gasteiger partial charge < -0.3 is 9.13 Å². The van der Waals surface area contributed by atoms with Crippen molar-refractivity contribution >= 4 is 34.2 Å². The molecule has 4 rings (SSSR count). The maximum atomic E-state index is 4.43. The van der Waals surface area contributed by atoms with Gasteiger partial charge in [-0.25, -0.2) is 19.9 Å². The molecule has 4 aromatic rings. The summed E-state index contributed by atoms with van der Waals surface area (Å²) in [5.41, 5.74) is 2.96. The van der Waals surface area contributed by atoms with Crippen molar-refractivity contribution in [3.8, 4) is 0 Å². The van der Waals surface area contributed by atoms with Crippen LogP contribution in [0.4, 0.5) is 11.9 Å². The Hall–Kier alpha value is -3.10. The van der Waals surface area contributed by atoms with Gasteiger partial charge in [0.1, 0.15) is 23.7 Å². The molecule has 0 aliphatic carbocycles. The molecule has 0 amide bonds. The summed E-state index contributed by atoms with van der Waals surface area (Å²) in [6.45, 7) is 0. The van der Waals surface area contributed by atoms with E-state index in [0.29, 0.717) is 23.2 Å². The summed E-state index contributed by atoms with van der Waals surface area (Å²) in [5.74, 6) is 1.27. The van der Waals surface area contributed by atoms with Crippen molar-refractivity contribution in [2.45, 2.75) is 0 Å². The largest absolute Gasteiger partial charge is 0.310 e. The molecule has 0 saturated heterocycles. The Balaban J connectivity index is 1.83. The van der Waals surface area contributed by atoms with Gasteiger partial charge in [0.25, 0.3) is 0 Å². The van der Waals surface area contributed by atoms with Crippen LogP contribution >= 0.6 is 0 Å². The first-order valence-corrected chi connectivity index (χ1v) is 6.26. The zero-order valence-electron chi connectivity index (χ0n) is 11.4. The Morgan fingerprint density at radius 3 is 1.71 bits per heavy atom. The lowest BCUT2D eigenvalue weighted by Crippen LogP contribution is -2.04. The highest BCUT2D eigenvalue weighted by Gasteiger charge is 2.13. The smallest absolute Gasteiger partial charge is 0.212 e. The van der Waals surface area contributed by atoms with Crippen LogP contribution in [-0.2, 0) is 14.1 Å². The molecule has 0 fully saturated rings. The number of rotatable bonds is 2. The number of fused-ring (bicyclic) bond motifs is 2. The minimum atomic E-state index is 0.633. The predicted molar refractivity (Wildman–Crippen MR) is 75.9 cm³/mol. The highest BCUT2D eigenvalue weighted by atomic mass is 15.3. The van der Waals surface area contributed by atoms with E-state index < -0.39 is 0 Å². The maximum absolute atomic E-state index is 4.43. The molecule has 104 valence electrons. The molecule has 0 saturated carbocycles. The van der Waals surface area contributed by atoms with Crippen molar-refractivity contribution < 1.29 is 0 Å². The molecule has 0 radical (unpaired) electrons. The number of hydrogen-bond acceptors (Lipinski definition) is 7. The summed E-state index contributed by atoms with van der Waals surface area (Å²) in [6, 6.07) is 0. The first kappa shape index (κ1) is 11.7.